The first-order valence-electron chi connectivity index (χ1n) is 9.62. The third-order valence-electron chi connectivity index (χ3n) is 5.11. The normalized spacial score (nSPS) is 15.4. The van der Waals surface area contributed by atoms with Crippen LogP contribution in [-0.4, -0.2) is 49.9 Å². The Kier molecular flexibility index (Phi) is 5.85. The van der Waals surface area contributed by atoms with Gasteiger partial charge in [-0.1, -0.05) is 30.3 Å². The number of carbonyl (C=O) groups is 1. The van der Waals surface area contributed by atoms with E-state index >= 15 is 0 Å². The van der Waals surface area contributed by atoms with Gasteiger partial charge in [-0.3, -0.25) is 4.79 Å². The molecule has 1 saturated heterocycles. The van der Waals surface area contributed by atoms with Crippen LogP contribution in [0.1, 0.15) is 21.6 Å². The summed E-state index contributed by atoms with van der Waals surface area (Å²) in [4.78, 5) is 15.4. The van der Waals surface area contributed by atoms with Crippen molar-refractivity contribution in [3.8, 4) is 0 Å². The molecule has 30 heavy (non-hydrogen) atoms. The number of nitrogens with one attached hydrogen (secondary N) is 2. The van der Waals surface area contributed by atoms with E-state index in [-0.39, 0.29) is 18.0 Å². The number of ether oxygens (including phenoxy) is 1. The van der Waals surface area contributed by atoms with Crippen molar-refractivity contribution in [3.63, 3.8) is 0 Å². The van der Waals surface area contributed by atoms with Gasteiger partial charge in [0.1, 0.15) is 11.5 Å². The minimum Gasteiger partial charge on any atom is -0.379 e. The third kappa shape index (κ3) is 4.38. The molecule has 2 N–H and O–H groups in total. The predicted octanol–water partition coefficient (Wildman–Crippen LogP) is 2.40. The molecule has 3 aromatic rings. The van der Waals surface area contributed by atoms with Crippen LogP contribution in [-0.2, 0) is 27.1 Å². The molecular formula is C21H22FN3O4S. The van der Waals surface area contributed by atoms with E-state index in [2.05, 4.69) is 10.3 Å². The number of H-pyrrole nitrogens is 1. The van der Waals surface area contributed by atoms with Crippen molar-refractivity contribution < 1.29 is 22.3 Å². The molecular weight excluding hydrogens is 409 g/mol. The molecule has 2 aromatic carbocycles. The molecule has 2 heterocycles. The molecule has 0 radical (unpaired) electrons. The van der Waals surface area contributed by atoms with Crippen molar-refractivity contribution >= 4 is 26.8 Å². The average molecular weight is 431 g/mol. The van der Waals surface area contributed by atoms with E-state index in [1.54, 1.807) is 36.4 Å². The van der Waals surface area contributed by atoms with E-state index in [4.69, 9.17) is 4.74 Å². The number of aromatic nitrogens is 1. The van der Waals surface area contributed by atoms with Crippen LogP contribution >= 0.6 is 0 Å². The van der Waals surface area contributed by atoms with Crippen molar-refractivity contribution in [2.24, 2.45) is 0 Å². The Hall–Kier alpha value is -2.75. The third-order valence-corrected chi connectivity index (χ3v) is 6.94. The summed E-state index contributed by atoms with van der Waals surface area (Å²) in [6.45, 7) is 1.63. The Balaban J connectivity index is 1.47. The second kappa shape index (κ2) is 8.55. The van der Waals surface area contributed by atoms with Crippen molar-refractivity contribution in [3.05, 3.63) is 71.2 Å². The molecule has 158 valence electrons. The molecule has 1 amide bonds. The van der Waals surface area contributed by atoms with E-state index in [1.807, 2.05) is 0 Å². The van der Waals surface area contributed by atoms with Crippen molar-refractivity contribution in [2.45, 2.75) is 12.3 Å². The molecule has 1 aromatic heterocycles. The van der Waals surface area contributed by atoms with Crippen LogP contribution in [0.3, 0.4) is 0 Å². The lowest BCUT2D eigenvalue weighted by atomic mass is 10.1. The summed E-state index contributed by atoms with van der Waals surface area (Å²) in [6, 6.07) is 13.2. The van der Waals surface area contributed by atoms with E-state index in [0.717, 1.165) is 0 Å². The highest BCUT2D eigenvalue weighted by Crippen LogP contribution is 2.19. The maximum Gasteiger partial charge on any atom is 0.267 e. The number of hydrogen-bond acceptors (Lipinski definition) is 4. The maximum atomic E-state index is 13.9. The van der Waals surface area contributed by atoms with E-state index < -0.39 is 21.7 Å². The Bertz CT molecular complexity index is 1170. The summed E-state index contributed by atoms with van der Waals surface area (Å²) in [5.41, 5.74) is 2.13. The monoisotopic (exact) mass is 431 g/mol. The summed E-state index contributed by atoms with van der Waals surface area (Å²) in [6.07, 6.45) is 0. The van der Waals surface area contributed by atoms with Gasteiger partial charge in [0.2, 0.25) is 10.0 Å². The number of sulfonamides is 1. The SMILES string of the molecule is O=C(NCc1ccccc1CS(=O)(=O)N1CCOCC1)c1cc2c(F)cccc2[nH]1. The molecule has 7 nitrogen and oxygen atoms in total. The topological polar surface area (TPSA) is 91.5 Å². The predicted molar refractivity (Wildman–Crippen MR) is 111 cm³/mol. The summed E-state index contributed by atoms with van der Waals surface area (Å²) < 4.78 is 46.0. The number of fused-ring (bicyclic) bond motifs is 1. The zero-order valence-corrected chi connectivity index (χ0v) is 17.0. The fraction of sp³-hybridized carbons (Fsp3) is 0.286. The minimum atomic E-state index is -3.48. The Morgan fingerprint density at radius 1 is 1.10 bits per heavy atom. The number of hydrogen-bond donors (Lipinski definition) is 2. The molecule has 4 rings (SSSR count). The van der Waals surface area contributed by atoms with Crippen molar-refractivity contribution in [1.82, 2.24) is 14.6 Å². The van der Waals surface area contributed by atoms with Gasteiger partial charge in [0.05, 0.1) is 19.0 Å². The number of morpholine rings is 1. The highest BCUT2D eigenvalue weighted by atomic mass is 32.2. The lowest BCUT2D eigenvalue weighted by Gasteiger charge is -2.26. The van der Waals surface area contributed by atoms with Crippen LogP contribution < -0.4 is 5.32 Å². The summed E-state index contributed by atoms with van der Waals surface area (Å²) >= 11 is 0. The maximum absolute atomic E-state index is 13.9. The van der Waals surface area contributed by atoms with Crippen molar-refractivity contribution in [1.29, 1.82) is 0 Å². The number of nitrogens with zero attached hydrogens (tertiary/aromatic N) is 1. The standard InChI is InChI=1S/C21H22FN3O4S/c22-18-6-3-7-19-17(18)12-20(24-19)21(26)23-13-15-4-1-2-5-16(15)14-30(27,28)25-8-10-29-11-9-25/h1-7,12,24H,8-11,13-14H2,(H,23,26). The highest BCUT2D eigenvalue weighted by molar-refractivity contribution is 7.88. The summed E-state index contributed by atoms with van der Waals surface area (Å²) in [5, 5.41) is 3.13. The smallest absolute Gasteiger partial charge is 0.267 e. The van der Waals surface area contributed by atoms with Gasteiger partial charge in [0.15, 0.2) is 0 Å². The second-order valence-electron chi connectivity index (χ2n) is 7.10. The average Bonchev–Trinajstić information content (AvgIpc) is 3.19. The number of halogens is 1. The van der Waals surface area contributed by atoms with E-state index in [9.17, 15) is 17.6 Å². The molecule has 0 aliphatic carbocycles. The molecule has 0 saturated carbocycles. The zero-order valence-electron chi connectivity index (χ0n) is 16.2. The number of carbonyl (C=O) groups excluding carboxylic acids is 1. The van der Waals surface area contributed by atoms with Gasteiger partial charge in [-0.2, -0.15) is 4.31 Å². The van der Waals surface area contributed by atoms with Crippen LogP contribution in [0.5, 0.6) is 0 Å². The molecule has 1 fully saturated rings. The number of rotatable bonds is 6. The number of benzene rings is 2. The first-order chi connectivity index (χ1) is 14.4. The summed E-state index contributed by atoms with van der Waals surface area (Å²) in [5.74, 6) is -0.936. The Morgan fingerprint density at radius 2 is 1.83 bits per heavy atom. The number of aromatic amines is 1. The van der Waals surface area contributed by atoms with Crippen LogP contribution in [0.4, 0.5) is 4.39 Å². The molecule has 1 aliphatic heterocycles. The minimum absolute atomic E-state index is 0.142. The van der Waals surface area contributed by atoms with E-state index in [1.165, 1.54) is 16.4 Å². The number of amides is 1. The lowest BCUT2D eigenvalue weighted by molar-refractivity contribution is 0.0729. The van der Waals surface area contributed by atoms with E-state index in [0.29, 0.717) is 48.3 Å². The summed E-state index contributed by atoms with van der Waals surface area (Å²) in [7, 11) is -3.48. The quantitative estimate of drug-likeness (QED) is 0.627. The first kappa shape index (κ1) is 20.5. The molecule has 0 bridgehead atoms. The van der Waals surface area contributed by atoms with Crippen molar-refractivity contribution in [2.75, 3.05) is 26.3 Å². The van der Waals surface area contributed by atoms with Crippen LogP contribution in [0.15, 0.2) is 48.5 Å². The Labute approximate surface area is 173 Å². The van der Waals surface area contributed by atoms with Gasteiger partial charge in [-0.05, 0) is 29.3 Å². The van der Waals surface area contributed by atoms with Crippen LogP contribution in [0, 0.1) is 5.82 Å². The first-order valence-corrected chi connectivity index (χ1v) is 11.2. The van der Waals surface area contributed by atoms with Gasteiger partial charge >= 0.3 is 0 Å². The van der Waals surface area contributed by atoms with Gasteiger partial charge in [0.25, 0.3) is 5.91 Å². The zero-order chi connectivity index (χ0) is 21.1. The molecule has 9 heteroatoms. The van der Waals surface area contributed by atoms with Gasteiger partial charge in [-0.25, -0.2) is 12.8 Å². The largest absolute Gasteiger partial charge is 0.379 e. The highest BCUT2D eigenvalue weighted by Gasteiger charge is 2.25. The Morgan fingerprint density at radius 3 is 2.57 bits per heavy atom. The van der Waals surface area contributed by atoms with Crippen LogP contribution in [0.25, 0.3) is 10.9 Å². The molecule has 1 aliphatic rings. The van der Waals surface area contributed by atoms with Gasteiger partial charge < -0.3 is 15.0 Å². The molecule has 0 unspecified atom stereocenters. The molecule has 0 spiro atoms. The fourth-order valence-electron chi connectivity index (χ4n) is 3.49. The molecule has 0 atom stereocenters. The van der Waals surface area contributed by atoms with Gasteiger partial charge in [0, 0.05) is 30.5 Å². The second-order valence-corrected chi connectivity index (χ2v) is 9.07. The fourth-order valence-corrected chi connectivity index (χ4v) is 5.06. The van der Waals surface area contributed by atoms with Crippen LogP contribution in [0.2, 0.25) is 0 Å². The van der Waals surface area contributed by atoms with Gasteiger partial charge in [-0.15, -0.1) is 0 Å². The lowest BCUT2D eigenvalue weighted by Crippen LogP contribution is -2.41.